The van der Waals surface area contributed by atoms with Gasteiger partial charge in [0.15, 0.2) is 0 Å². The molecule has 4 bridgehead atoms. The molecular formula is C15H24N4. The minimum atomic E-state index is 0.0760. The van der Waals surface area contributed by atoms with E-state index in [2.05, 4.69) is 10.1 Å². The van der Waals surface area contributed by atoms with Crippen LogP contribution in [0.5, 0.6) is 0 Å². The fraction of sp³-hybridized carbons (Fsp3) is 0.867. The van der Waals surface area contributed by atoms with Crippen molar-refractivity contribution in [1.82, 2.24) is 14.8 Å². The van der Waals surface area contributed by atoms with Gasteiger partial charge in [-0.2, -0.15) is 5.10 Å². The number of nitrogens with two attached hydrogens (primary N) is 1. The second kappa shape index (κ2) is 3.81. The van der Waals surface area contributed by atoms with Gasteiger partial charge >= 0.3 is 0 Å². The predicted molar refractivity (Wildman–Crippen MR) is 73.3 cm³/mol. The molecule has 1 atom stereocenters. The van der Waals surface area contributed by atoms with E-state index in [0.717, 1.165) is 29.4 Å². The Labute approximate surface area is 114 Å². The van der Waals surface area contributed by atoms with Crippen molar-refractivity contribution in [2.45, 2.75) is 51.5 Å². The van der Waals surface area contributed by atoms with Crippen molar-refractivity contribution in [3.05, 3.63) is 11.6 Å². The van der Waals surface area contributed by atoms with Crippen molar-refractivity contribution in [3.63, 3.8) is 0 Å². The maximum absolute atomic E-state index is 6.68. The van der Waals surface area contributed by atoms with E-state index in [9.17, 15) is 0 Å². The lowest BCUT2D eigenvalue weighted by Gasteiger charge is -2.58. The average molecular weight is 260 g/mol. The van der Waals surface area contributed by atoms with Gasteiger partial charge in [0.2, 0.25) is 0 Å². The molecule has 4 fully saturated rings. The molecule has 0 radical (unpaired) electrons. The molecule has 2 N–H and O–H groups in total. The molecule has 1 unspecified atom stereocenters. The monoisotopic (exact) mass is 260 g/mol. The first-order valence-electron chi connectivity index (χ1n) is 7.69. The maximum Gasteiger partial charge on any atom is 0.147 e. The molecule has 4 aliphatic rings. The summed E-state index contributed by atoms with van der Waals surface area (Å²) in [6.07, 6.45) is 8.36. The van der Waals surface area contributed by atoms with Gasteiger partial charge in [0.05, 0.1) is 6.04 Å². The van der Waals surface area contributed by atoms with Crippen molar-refractivity contribution >= 4 is 0 Å². The predicted octanol–water partition coefficient (Wildman–Crippen LogP) is 2.34. The van der Waals surface area contributed by atoms with Crippen LogP contribution >= 0.6 is 0 Å². The molecule has 4 heteroatoms. The van der Waals surface area contributed by atoms with Gasteiger partial charge in [0.1, 0.15) is 11.6 Å². The van der Waals surface area contributed by atoms with Gasteiger partial charge in [-0.1, -0.05) is 0 Å². The van der Waals surface area contributed by atoms with Crippen LogP contribution in [0.3, 0.4) is 0 Å². The van der Waals surface area contributed by atoms with Gasteiger partial charge in [0.25, 0.3) is 0 Å². The summed E-state index contributed by atoms with van der Waals surface area (Å²) < 4.78 is 1.90. The summed E-state index contributed by atoms with van der Waals surface area (Å²) in [5.41, 5.74) is 7.01. The lowest BCUT2D eigenvalue weighted by molar-refractivity contribution is -0.0696. The highest BCUT2D eigenvalue weighted by Gasteiger charge is 2.54. The van der Waals surface area contributed by atoms with E-state index >= 15 is 0 Å². The molecule has 104 valence electrons. The largest absolute Gasteiger partial charge is 0.321 e. The Morgan fingerprint density at radius 3 is 2.11 bits per heavy atom. The highest BCUT2D eigenvalue weighted by atomic mass is 15.3. The highest BCUT2D eigenvalue weighted by Crippen LogP contribution is 2.63. The summed E-state index contributed by atoms with van der Waals surface area (Å²) in [6, 6.07) is 0.0760. The SMILES string of the molecule is Cc1nc(C(N)C23CC4CC(CC(C4)C2)C3)n(C)n1. The number of hydrogen-bond acceptors (Lipinski definition) is 3. The molecule has 19 heavy (non-hydrogen) atoms. The van der Waals surface area contributed by atoms with Crippen molar-refractivity contribution in [3.8, 4) is 0 Å². The first-order valence-corrected chi connectivity index (χ1v) is 7.69. The molecular weight excluding hydrogens is 236 g/mol. The van der Waals surface area contributed by atoms with E-state index in [-0.39, 0.29) is 6.04 Å². The lowest BCUT2D eigenvalue weighted by Crippen LogP contribution is -2.51. The molecule has 4 aliphatic carbocycles. The van der Waals surface area contributed by atoms with Crippen LogP contribution in [0.1, 0.15) is 56.2 Å². The first kappa shape index (κ1) is 11.9. The van der Waals surface area contributed by atoms with Crippen LogP contribution in [-0.2, 0) is 7.05 Å². The Bertz CT molecular complexity index is 469. The van der Waals surface area contributed by atoms with E-state index in [1.54, 1.807) is 0 Å². The molecule has 5 rings (SSSR count). The number of nitrogens with zero attached hydrogens (tertiary/aromatic N) is 3. The molecule has 0 amide bonds. The Kier molecular flexibility index (Phi) is 2.39. The van der Waals surface area contributed by atoms with Gasteiger partial charge in [0, 0.05) is 7.05 Å². The van der Waals surface area contributed by atoms with Gasteiger partial charge in [-0.05, 0) is 68.6 Å². The van der Waals surface area contributed by atoms with Gasteiger partial charge < -0.3 is 5.73 Å². The second-order valence-corrected chi connectivity index (χ2v) is 7.40. The molecule has 4 nitrogen and oxygen atoms in total. The van der Waals surface area contributed by atoms with E-state index in [4.69, 9.17) is 5.73 Å². The number of aryl methyl sites for hydroxylation is 2. The molecule has 0 aromatic carbocycles. The number of hydrogen-bond donors (Lipinski definition) is 1. The standard InChI is InChI=1S/C15H24N4/c1-9-17-14(19(2)18-9)13(16)15-6-10-3-11(7-15)5-12(4-10)8-15/h10-13H,3-8,16H2,1-2H3. The summed E-state index contributed by atoms with van der Waals surface area (Å²) in [4.78, 5) is 4.59. The van der Waals surface area contributed by atoms with Crippen molar-refractivity contribution in [1.29, 1.82) is 0 Å². The van der Waals surface area contributed by atoms with E-state index in [0.29, 0.717) is 5.41 Å². The molecule has 0 aliphatic heterocycles. The van der Waals surface area contributed by atoms with Crippen molar-refractivity contribution in [2.24, 2.45) is 36.0 Å². The zero-order valence-corrected chi connectivity index (χ0v) is 12.0. The Morgan fingerprint density at radius 1 is 1.16 bits per heavy atom. The van der Waals surface area contributed by atoms with Gasteiger partial charge in [-0.25, -0.2) is 4.98 Å². The Hall–Kier alpha value is -0.900. The van der Waals surface area contributed by atoms with Crippen LogP contribution in [0.25, 0.3) is 0 Å². The summed E-state index contributed by atoms with van der Waals surface area (Å²) >= 11 is 0. The fourth-order valence-electron chi connectivity index (χ4n) is 5.63. The zero-order valence-electron chi connectivity index (χ0n) is 12.0. The quantitative estimate of drug-likeness (QED) is 0.888. The molecule has 0 saturated heterocycles. The van der Waals surface area contributed by atoms with Gasteiger partial charge in [-0.3, -0.25) is 4.68 Å². The third-order valence-electron chi connectivity index (χ3n) is 5.93. The van der Waals surface area contributed by atoms with Crippen LogP contribution in [0.15, 0.2) is 0 Å². The average Bonchev–Trinajstić information content (AvgIpc) is 2.65. The van der Waals surface area contributed by atoms with Crippen LogP contribution in [0.2, 0.25) is 0 Å². The maximum atomic E-state index is 6.68. The smallest absolute Gasteiger partial charge is 0.147 e. The summed E-state index contributed by atoms with van der Waals surface area (Å²) in [5.74, 6) is 4.65. The molecule has 1 aromatic rings. The molecule has 4 saturated carbocycles. The Morgan fingerprint density at radius 2 is 1.68 bits per heavy atom. The van der Waals surface area contributed by atoms with Gasteiger partial charge in [-0.15, -0.1) is 0 Å². The summed E-state index contributed by atoms with van der Waals surface area (Å²) in [7, 11) is 1.98. The fourth-order valence-corrected chi connectivity index (χ4v) is 5.63. The van der Waals surface area contributed by atoms with E-state index in [1.165, 1.54) is 38.5 Å². The molecule has 1 heterocycles. The topological polar surface area (TPSA) is 56.7 Å². The lowest BCUT2D eigenvalue weighted by atomic mass is 9.47. The summed E-state index contributed by atoms with van der Waals surface area (Å²) in [5, 5.41) is 4.39. The van der Waals surface area contributed by atoms with Crippen LogP contribution < -0.4 is 5.73 Å². The third-order valence-corrected chi connectivity index (χ3v) is 5.93. The third kappa shape index (κ3) is 1.69. The highest BCUT2D eigenvalue weighted by molar-refractivity contribution is 5.11. The second-order valence-electron chi connectivity index (χ2n) is 7.40. The van der Waals surface area contributed by atoms with Crippen LogP contribution in [0.4, 0.5) is 0 Å². The molecule has 0 spiro atoms. The minimum absolute atomic E-state index is 0.0760. The zero-order chi connectivity index (χ0) is 13.2. The first-order chi connectivity index (χ1) is 9.06. The van der Waals surface area contributed by atoms with Crippen molar-refractivity contribution < 1.29 is 0 Å². The summed E-state index contributed by atoms with van der Waals surface area (Å²) in [6.45, 7) is 1.95. The normalized spacial score (nSPS) is 41.7. The van der Waals surface area contributed by atoms with E-state index < -0.39 is 0 Å². The van der Waals surface area contributed by atoms with E-state index in [1.807, 2.05) is 18.7 Å². The number of rotatable bonds is 2. The van der Waals surface area contributed by atoms with Crippen molar-refractivity contribution in [2.75, 3.05) is 0 Å². The molecule has 1 aromatic heterocycles. The van der Waals surface area contributed by atoms with Crippen LogP contribution in [-0.4, -0.2) is 14.8 Å². The van der Waals surface area contributed by atoms with Crippen LogP contribution in [0, 0.1) is 30.1 Å². The Balaban J connectivity index is 1.69. The number of aromatic nitrogens is 3. The minimum Gasteiger partial charge on any atom is -0.321 e.